The predicted octanol–water partition coefficient (Wildman–Crippen LogP) is 5.91. The lowest BCUT2D eigenvalue weighted by atomic mass is 10.1. The van der Waals surface area contributed by atoms with Gasteiger partial charge in [-0.3, -0.25) is 14.2 Å². The summed E-state index contributed by atoms with van der Waals surface area (Å²) >= 11 is 2.70. The maximum absolute atomic E-state index is 13.4. The molecule has 0 aliphatic heterocycles. The highest BCUT2D eigenvalue weighted by Gasteiger charge is 2.18. The Morgan fingerprint density at radius 2 is 1.91 bits per heavy atom. The third kappa shape index (κ3) is 5.10. The predicted molar refractivity (Wildman–Crippen MR) is 139 cm³/mol. The van der Waals surface area contributed by atoms with E-state index < -0.39 is 0 Å². The number of benzene rings is 2. The second-order valence-corrected chi connectivity index (χ2v) is 9.48. The number of nitrogens with one attached hydrogen (secondary N) is 1. The molecule has 4 rings (SSSR count). The summed E-state index contributed by atoms with van der Waals surface area (Å²) in [5, 5.41) is 6.00. The maximum Gasteiger partial charge on any atom is 0.263 e. The molecule has 5 nitrogen and oxygen atoms in total. The van der Waals surface area contributed by atoms with E-state index >= 15 is 0 Å². The number of nitrogens with zero attached hydrogens (tertiary/aromatic N) is 2. The summed E-state index contributed by atoms with van der Waals surface area (Å²) in [7, 11) is 0. The summed E-state index contributed by atoms with van der Waals surface area (Å²) in [6.45, 7) is 8.24. The van der Waals surface area contributed by atoms with Crippen molar-refractivity contribution in [3.05, 3.63) is 88.0 Å². The van der Waals surface area contributed by atoms with Crippen LogP contribution in [0.1, 0.15) is 18.1 Å². The zero-order valence-electron chi connectivity index (χ0n) is 18.6. The number of thiophene rings is 1. The maximum atomic E-state index is 13.4. The van der Waals surface area contributed by atoms with E-state index in [9.17, 15) is 9.59 Å². The normalized spacial score (nSPS) is 11.0. The van der Waals surface area contributed by atoms with E-state index in [1.165, 1.54) is 34.2 Å². The Labute approximate surface area is 201 Å². The topological polar surface area (TPSA) is 64.0 Å². The minimum atomic E-state index is -0.143. The Hall–Kier alpha value is -3.16. The van der Waals surface area contributed by atoms with Crippen molar-refractivity contribution in [3.8, 4) is 11.1 Å². The van der Waals surface area contributed by atoms with E-state index in [4.69, 9.17) is 4.98 Å². The van der Waals surface area contributed by atoms with Crippen molar-refractivity contribution in [3.63, 3.8) is 0 Å². The van der Waals surface area contributed by atoms with Gasteiger partial charge in [-0.15, -0.1) is 17.9 Å². The SMILES string of the molecule is C=CCn1c(SCC(=O)Nc2ccc(CC)cc2)nc2scc(-c3ccc(C)cc3)c2c1=O. The molecule has 2 aromatic heterocycles. The van der Waals surface area contributed by atoms with Crippen molar-refractivity contribution in [2.75, 3.05) is 11.1 Å². The Balaban J connectivity index is 1.60. The standard InChI is InChI=1S/C26H25N3O2S2/c1-4-14-29-25(31)23-21(19-10-6-17(3)7-11-19)15-32-24(23)28-26(29)33-16-22(30)27-20-12-8-18(5-2)9-13-20/h4,6-13,15H,1,5,14,16H2,2-3H3,(H,27,30). The van der Waals surface area contributed by atoms with Crippen LogP contribution in [0.3, 0.4) is 0 Å². The molecule has 7 heteroatoms. The van der Waals surface area contributed by atoms with Crippen LogP contribution < -0.4 is 10.9 Å². The van der Waals surface area contributed by atoms with Crippen molar-refractivity contribution in [2.45, 2.75) is 32.0 Å². The first-order chi connectivity index (χ1) is 16.0. The second-order valence-electron chi connectivity index (χ2n) is 7.68. The van der Waals surface area contributed by atoms with Crippen LogP contribution in [-0.2, 0) is 17.8 Å². The average Bonchev–Trinajstić information content (AvgIpc) is 3.25. The van der Waals surface area contributed by atoms with E-state index in [0.29, 0.717) is 21.9 Å². The molecule has 0 unspecified atom stereocenters. The molecule has 168 valence electrons. The molecule has 0 aliphatic rings. The zero-order valence-corrected chi connectivity index (χ0v) is 20.3. The minimum absolute atomic E-state index is 0.116. The number of fused-ring (bicyclic) bond motifs is 1. The third-order valence-electron chi connectivity index (χ3n) is 5.31. The summed E-state index contributed by atoms with van der Waals surface area (Å²) in [5.41, 5.74) is 4.90. The first-order valence-electron chi connectivity index (χ1n) is 10.7. The first kappa shape index (κ1) is 23.0. The summed E-state index contributed by atoms with van der Waals surface area (Å²) in [6, 6.07) is 15.9. The number of hydrogen-bond acceptors (Lipinski definition) is 5. The van der Waals surface area contributed by atoms with Gasteiger partial charge in [0, 0.05) is 23.2 Å². The average molecular weight is 476 g/mol. The molecule has 0 radical (unpaired) electrons. The number of aromatic nitrogens is 2. The van der Waals surface area contributed by atoms with Gasteiger partial charge in [0.25, 0.3) is 5.56 Å². The van der Waals surface area contributed by atoms with Gasteiger partial charge in [0.2, 0.25) is 5.91 Å². The van der Waals surface area contributed by atoms with E-state index in [1.807, 2.05) is 60.8 Å². The van der Waals surface area contributed by atoms with Crippen molar-refractivity contribution in [1.82, 2.24) is 9.55 Å². The van der Waals surface area contributed by atoms with Gasteiger partial charge in [-0.25, -0.2) is 4.98 Å². The number of carbonyl (C=O) groups is 1. The van der Waals surface area contributed by atoms with E-state index in [0.717, 1.165) is 23.2 Å². The molecule has 1 N–H and O–H groups in total. The van der Waals surface area contributed by atoms with Crippen molar-refractivity contribution in [1.29, 1.82) is 0 Å². The molecule has 2 heterocycles. The van der Waals surface area contributed by atoms with E-state index in [2.05, 4.69) is 18.8 Å². The van der Waals surface area contributed by atoms with Crippen LogP contribution in [0, 0.1) is 6.92 Å². The Bertz CT molecular complexity index is 1350. The molecule has 0 bridgehead atoms. The molecule has 0 atom stereocenters. The molecular weight excluding hydrogens is 450 g/mol. The Morgan fingerprint density at radius 3 is 2.58 bits per heavy atom. The lowest BCUT2D eigenvalue weighted by Gasteiger charge is -2.11. The molecule has 4 aromatic rings. The third-order valence-corrected chi connectivity index (χ3v) is 7.16. The molecular formula is C26H25N3O2S2. The summed E-state index contributed by atoms with van der Waals surface area (Å²) in [6.07, 6.45) is 2.62. The van der Waals surface area contributed by atoms with Gasteiger partial charge in [0.15, 0.2) is 5.16 Å². The second kappa shape index (κ2) is 10.2. The van der Waals surface area contributed by atoms with Crippen molar-refractivity contribution >= 4 is 44.9 Å². The van der Waals surface area contributed by atoms with Crippen molar-refractivity contribution < 1.29 is 4.79 Å². The van der Waals surface area contributed by atoms with Gasteiger partial charge in [0.1, 0.15) is 4.83 Å². The number of amides is 1. The molecule has 1 amide bonds. The zero-order chi connectivity index (χ0) is 23.4. The summed E-state index contributed by atoms with van der Waals surface area (Å²) in [4.78, 5) is 31.3. The van der Waals surface area contributed by atoms with Gasteiger partial charge >= 0.3 is 0 Å². The Kier molecular flexibility index (Phi) is 7.11. The highest BCUT2D eigenvalue weighted by atomic mass is 32.2. The van der Waals surface area contributed by atoms with Gasteiger partial charge in [-0.05, 0) is 36.6 Å². The number of hydrogen-bond donors (Lipinski definition) is 1. The van der Waals surface area contributed by atoms with Crippen LogP contribution >= 0.6 is 23.1 Å². The highest BCUT2D eigenvalue weighted by molar-refractivity contribution is 7.99. The van der Waals surface area contributed by atoms with Gasteiger partial charge in [0.05, 0.1) is 11.1 Å². The lowest BCUT2D eigenvalue weighted by molar-refractivity contribution is -0.113. The minimum Gasteiger partial charge on any atom is -0.325 e. The van der Waals surface area contributed by atoms with Gasteiger partial charge in [-0.1, -0.05) is 66.7 Å². The number of anilines is 1. The molecule has 2 aromatic carbocycles. The first-order valence-corrected chi connectivity index (χ1v) is 12.6. The summed E-state index contributed by atoms with van der Waals surface area (Å²) < 4.78 is 1.59. The number of carbonyl (C=O) groups excluding carboxylic acids is 1. The molecule has 0 saturated heterocycles. The van der Waals surface area contributed by atoms with E-state index in [1.54, 1.807) is 10.6 Å². The molecule has 0 aliphatic carbocycles. The van der Waals surface area contributed by atoms with Crippen LogP contribution in [0.4, 0.5) is 5.69 Å². The molecule has 0 spiro atoms. The lowest BCUT2D eigenvalue weighted by Crippen LogP contribution is -2.23. The van der Waals surface area contributed by atoms with Crippen LogP contribution in [0.25, 0.3) is 21.3 Å². The van der Waals surface area contributed by atoms with Gasteiger partial charge in [-0.2, -0.15) is 0 Å². The van der Waals surface area contributed by atoms with Crippen LogP contribution in [0.15, 0.2) is 76.5 Å². The number of rotatable bonds is 8. The molecule has 33 heavy (non-hydrogen) atoms. The fraction of sp³-hybridized carbons (Fsp3) is 0.192. The number of thioether (sulfide) groups is 1. The highest BCUT2D eigenvalue weighted by Crippen LogP contribution is 2.32. The number of allylic oxidation sites excluding steroid dienone is 1. The van der Waals surface area contributed by atoms with Gasteiger partial charge < -0.3 is 5.32 Å². The Morgan fingerprint density at radius 1 is 1.18 bits per heavy atom. The molecule has 0 fully saturated rings. The van der Waals surface area contributed by atoms with Crippen LogP contribution in [0.5, 0.6) is 0 Å². The summed E-state index contributed by atoms with van der Waals surface area (Å²) in [5.74, 6) is 0.0103. The number of aryl methyl sites for hydroxylation is 2. The fourth-order valence-electron chi connectivity index (χ4n) is 3.50. The van der Waals surface area contributed by atoms with Crippen molar-refractivity contribution in [2.24, 2.45) is 0 Å². The van der Waals surface area contributed by atoms with E-state index in [-0.39, 0.29) is 17.2 Å². The quantitative estimate of drug-likeness (QED) is 0.195. The smallest absolute Gasteiger partial charge is 0.263 e. The monoisotopic (exact) mass is 475 g/mol. The fourth-order valence-corrected chi connectivity index (χ4v) is 5.30. The largest absolute Gasteiger partial charge is 0.325 e. The van der Waals surface area contributed by atoms with Crippen LogP contribution in [0.2, 0.25) is 0 Å². The van der Waals surface area contributed by atoms with Crippen LogP contribution in [-0.4, -0.2) is 21.2 Å². The molecule has 0 saturated carbocycles.